The molecule has 6 nitrogen and oxygen atoms in total. The van der Waals surface area contributed by atoms with E-state index in [0.29, 0.717) is 36.9 Å². The Labute approximate surface area is 182 Å². The molecule has 0 saturated heterocycles. The summed E-state index contributed by atoms with van der Waals surface area (Å²) in [4.78, 5) is 16.2. The molecule has 152 valence electrons. The zero-order valence-electron chi connectivity index (χ0n) is 16.0. The Bertz CT molecular complexity index is 769. The highest BCUT2D eigenvalue weighted by molar-refractivity contribution is 14.0. The molecular formula is C20H26FIN4O2. The molecule has 2 aromatic rings. The van der Waals surface area contributed by atoms with Crippen molar-refractivity contribution < 1.29 is 13.9 Å². The maximum Gasteiger partial charge on any atom is 0.251 e. The van der Waals surface area contributed by atoms with Gasteiger partial charge in [-0.1, -0.05) is 18.2 Å². The van der Waals surface area contributed by atoms with Gasteiger partial charge in [0.25, 0.3) is 5.91 Å². The van der Waals surface area contributed by atoms with Crippen molar-refractivity contribution in [2.24, 2.45) is 4.99 Å². The number of ether oxygens (including phenoxy) is 1. The number of rotatable bonds is 8. The van der Waals surface area contributed by atoms with E-state index < -0.39 is 0 Å². The zero-order valence-corrected chi connectivity index (χ0v) is 18.3. The van der Waals surface area contributed by atoms with E-state index in [4.69, 9.17) is 4.74 Å². The number of aliphatic imine (C=N–C) groups is 1. The monoisotopic (exact) mass is 500 g/mol. The number of carbonyl (C=O) groups excluding carboxylic acids is 1. The van der Waals surface area contributed by atoms with E-state index in [0.717, 1.165) is 12.0 Å². The molecule has 0 atom stereocenters. The van der Waals surface area contributed by atoms with Crippen LogP contribution in [0.3, 0.4) is 0 Å². The fourth-order valence-electron chi connectivity index (χ4n) is 2.42. The minimum absolute atomic E-state index is 0. The third-order valence-corrected chi connectivity index (χ3v) is 3.88. The topological polar surface area (TPSA) is 74.8 Å². The van der Waals surface area contributed by atoms with Crippen LogP contribution in [0.25, 0.3) is 0 Å². The third-order valence-electron chi connectivity index (χ3n) is 3.88. The molecule has 8 heteroatoms. The quantitative estimate of drug-likeness (QED) is 0.226. The zero-order chi connectivity index (χ0) is 19.5. The first-order chi connectivity index (χ1) is 13.1. The second-order valence-corrected chi connectivity index (χ2v) is 5.79. The number of amides is 1. The molecule has 0 spiro atoms. The van der Waals surface area contributed by atoms with Gasteiger partial charge in [0.1, 0.15) is 11.6 Å². The van der Waals surface area contributed by atoms with Gasteiger partial charge >= 0.3 is 0 Å². The number of hydrogen-bond acceptors (Lipinski definition) is 3. The number of benzene rings is 2. The number of nitrogens with zero attached hydrogens (tertiary/aromatic N) is 1. The summed E-state index contributed by atoms with van der Waals surface area (Å²) in [6, 6.07) is 13.4. The van der Waals surface area contributed by atoms with Crippen LogP contribution in [0.1, 0.15) is 15.9 Å². The molecule has 0 unspecified atom stereocenters. The average Bonchev–Trinajstić information content (AvgIpc) is 2.71. The van der Waals surface area contributed by atoms with E-state index >= 15 is 0 Å². The van der Waals surface area contributed by atoms with E-state index in [1.165, 1.54) is 12.1 Å². The van der Waals surface area contributed by atoms with Crippen LogP contribution in [0.15, 0.2) is 53.5 Å². The highest BCUT2D eigenvalue weighted by Gasteiger charge is 2.06. The molecule has 1 amide bonds. The van der Waals surface area contributed by atoms with Crippen LogP contribution >= 0.6 is 24.0 Å². The summed E-state index contributed by atoms with van der Waals surface area (Å²) < 4.78 is 18.0. The van der Waals surface area contributed by atoms with Gasteiger partial charge in [0, 0.05) is 32.2 Å². The van der Waals surface area contributed by atoms with Crippen molar-refractivity contribution in [2.45, 2.75) is 6.42 Å². The lowest BCUT2D eigenvalue weighted by Gasteiger charge is -2.12. The van der Waals surface area contributed by atoms with Gasteiger partial charge < -0.3 is 20.7 Å². The molecule has 3 N–H and O–H groups in total. The van der Waals surface area contributed by atoms with Crippen LogP contribution in [-0.4, -0.2) is 45.7 Å². The Morgan fingerprint density at radius 2 is 1.71 bits per heavy atom. The fourth-order valence-corrected chi connectivity index (χ4v) is 2.42. The van der Waals surface area contributed by atoms with Gasteiger partial charge in [-0.3, -0.25) is 9.79 Å². The van der Waals surface area contributed by atoms with Crippen molar-refractivity contribution in [3.8, 4) is 5.75 Å². The molecule has 0 heterocycles. The van der Waals surface area contributed by atoms with Gasteiger partial charge in [-0.15, -0.1) is 24.0 Å². The Morgan fingerprint density at radius 1 is 1.04 bits per heavy atom. The van der Waals surface area contributed by atoms with Crippen molar-refractivity contribution in [3.05, 3.63) is 65.5 Å². The Balaban J connectivity index is 0.00000392. The Morgan fingerprint density at radius 3 is 2.39 bits per heavy atom. The number of carbonyl (C=O) groups is 1. The minimum atomic E-state index is -0.236. The van der Waals surface area contributed by atoms with Crippen molar-refractivity contribution in [2.75, 3.05) is 33.8 Å². The predicted molar refractivity (Wildman–Crippen MR) is 120 cm³/mol. The number of halogens is 2. The van der Waals surface area contributed by atoms with E-state index in [1.54, 1.807) is 50.6 Å². The molecular weight excluding hydrogens is 474 g/mol. The number of nitrogens with one attached hydrogen (secondary N) is 3. The lowest BCUT2D eigenvalue weighted by Crippen LogP contribution is -2.42. The molecule has 0 bridgehead atoms. The molecule has 0 aliphatic heterocycles. The summed E-state index contributed by atoms with van der Waals surface area (Å²) in [7, 11) is 3.25. The Hall–Kier alpha value is -2.36. The summed E-state index contributed by atoms with van der Waals surface area (Å²) in [5.41, 5.74) is 1.60. The molecule has 0 radical (unpaired) electrons. The predicted octanol–water partition coefficient (Wildman–Crippen LogP) is 2.59. The van der Waals surface area contributed by atoms with Crippen molar-refractivity contribution in [1.29, 1.82) is 0 Å². The SMILES string of the molecule is CN=C(NCCNC(=O)c1cccc(OC)c1)NCCc1ccc(F)cc1.I. The summed E-state index contributed by atoms with van der Waals surface area (Å²) in [6.07, 6.45) is 0.757. The van der Waals surface area contributed by atoms with Gasteiger partial charge in [-0.2, -0.15) is 0 Å². The summed E-state index contributed by atoms with van der Waals surface area (Å²) in [5, 5.41) is 9.16. The Kier molecular flexibility index (Phi) is 10.9. The highest BCUT2D eigenvalue weighted by atomic mass is 127. The van der Waals surface area contributed by atoms with Crippen LogP contribution < -0.4 is 20.7 Å². The van der Waals surface area contributed by atoms with Crippen molar-refractivity contribution in [3.63, 3.8) is 0 Å². The molecule has 0 saturated carbocycles. The average molecular weight is 500 g/mol. The molecule has 0 aromatic heterocycles. The van der Waals surface area contributed by atoms with E-state index in [2.05, 4.69) is 20.9 Å². The molecule has 0 fully saturated rings. The molecule has 0 aliphatic rings. The maximum absolute atomic E-state index is 12.9. The van der Waals surface area contributed by atoms with E-state index in [1.807, 2.05) is 0 Å². The second-order valence-electron chi connectivity index (χ2n) is 5.79. The minimum Gasteiger partial charge on any atom is -0.497 e. The van der Waals surface area contributed by atoms with Crippen LogP contribution in [0, 0.1) is 5.82 Å². The van der Waals surface area contributed by atoms with Gasteiger partial charge in [0.15, 0.2) is 5.96 Å². The molecule has 2 rings (SSSR count). The summed E-state index contributed by atoms with van der Waals surface area (Å²) >= 11 is 0. The maximum atomic E-state index is 12.9. The first-order valence-corrected chi connectivity index (χ1v) is 8.73. The first-order valence-electron chi connectivity index (χ1n) is 8.73. The van der Waals surface area contributed by atoms with E-state index in [-0.39, 0.29) is 35.7 Å². The van der Waals surface area contributed by atoms with Crippen LogP contribution in [-0.2, 0) is 6.42 Å². The van der Waals surface area contributed by atoms with Gasteiger partial charge in [0.2, 0.25) is 0 Å². The molecule has 28 heavy (non-hydrogen) atoms. The second kappa shape index (κ2) is 12.9. The number of methoxy groups -OCH3 is 1. The lowest BCUT2D eigenvalue weighted by molar-refractivity contribution is 0.0954. The smallest absolute Gasteiger partial charge is 0.251 e. The molecule has 0 aliphatic carbocycles. The molecule has 2 aromatic carbocycles. The van der Waals surface area contributed by atoms with Crippen molar-refractivity contribution in [1.82, 2.24) is 16.0 Å². The standard InChI is InChI=1S/C20H25FN4O2.HI/c1-22-20(24-11-10-15-6-8-17(21)9-7-15)25-13-12-23-19(26)16-4-3-5-18(14-16)27-2;/h3-9,14H,10-13H2,1-2H3,(H,23,26)(H2,22,24,25);1H. The first kappa shape index (κ1) is 23.7. The van der Waals surface area contributed by atoms with Crippen LogP contribution in [0.2, 0.25) is 0 Å². The highest BCUT2D eigenvalue weighted by Crippen LogP contribution is 2.12. The number of guanidine groups is 1. The van der Waals surface area contributed by atoms with Gasteiger partial charge in [-0.25, -0.2) is 4.39 Å². The van der Waals surface area contributed by atoms with Gasteiger partial charge in [0.05, 0.1) is 7.11 Å². The lowest BCUT2D eigenvalue weighted by atomic mass is 10.1. The van der Waals surface area contributed by atoms with Crippen LogP contribution in [0.4, 0.5) is 4.39 Å². The third kappa shape index (κ3) is 8.12. The summed E-state index contributed by atoms with van der Waals surface area (Å²) in [6.45, 7) is 1.65. The summed E-state index contributed by atoms with van der Waals surface area (Å²) in [5.74, 6) is 0.898. The van der Waals surface area contributed by atoms with Crippen molar-refractivity contribution >= 4 is 35.8 Å². The van der Waals surface area contributed by atoms with E-state index in [9.17, 15) is 9.18 Å². The number of hydrogen-bond donors (Lipinski definition) is 3. The fraction of sp³-hybridized carbons (Fsp3) is 0.300. The normalized spacial score (nSPS) is 10.6. The van der Waals surface area contributed by atoms with Crippen LogP contribution in [0.5, 0.6) is 5.75 Å². The van der Waals surface area contributed by atoms with Gasteiger partial charge in [-0.05, 0) is 42.3 Å². The largest absolute Gasteiger partial charge is 0.497 e.